The number of nitrogens with one attached hydrogen (secondary N) is 3. The van der Waals surface area contributed by atoms with Crippen LogP contribution < -0.4 is 16.2 Å². The number of hydrogen-bond acceptors (Lipinski definition) is 5. The maximum atomic E-state index is 12.3. The Balaban J connectivity index is 1.33. The van der Waals surface area contributed by atoms with Gasteiger partial charge in [0, 0.05) is 24.7 Å². The molecule has 0 atom stereocenters. The molecule has 3 N–H and O–H groups in total. The van der Waals surface area contributed by atoms with Crippen molar-refractivity contribution in [2.45, 2.75) is 28.5 Å². The highest BCUT2D eigenvalue weighted by atomic mass is 79.9. The lowest BCUT2D eigenvalue weighted by atomic mass is 10.1. The van der Waals surface area contributed by atoms with Gasteiger partial charge in [-0.1, -0.05) is 52.5 Å². The first kappa shape index (κ1) is 21.9. The topological polar surface area (TPSA) is 53.2 Å². The molecule has 4 rings (SSSR count). The third-order valence-corrected chi connectivity index (χ3v) is 8.04. The zero-order chi connectivity index (χ0) is 22.0. The van der Waals surface area contributed by atoms with E-state index in [2.05, 4.69) is 69.0 Å². The van der Waals surface area contributed by atoms with Crippen LogP contribution in [0.4, 0.5) is 11.4 Å². The number of rotatable bonds is 6. The van der Waals surface area contributed by atoms with E-state index in [0.29, 0.717) is 11.4 Å². The van der Waals surface area contributed by atoms with Crippen molar-refractivity contribution in [3.05, 3.63) is 82.3 Å². The molecule has 0 unspecified atom stereocenters. The summed E-state index contributed by atoms with van der Waals surface area (Å²) in [5.74, 6) is 0.216. The van der Waals surface area contributed by atoms with Crippen LogP contribution in [0, 0.1) is 13.8 Å². The van der Waals surface area contributed by atoms with Gasteiger partial charge >= 0.3 is 0 Å². The van der Waals surface area contributed by atoms with E-state index in [1.807, 2.05) is 38.1 Å². The Labute approximate surface area is 199 Å². The second kappa shape index (κ2) is 9.42. The van der Waals surface area contributed by atoms with E-state index in [1.165, 1.54) is 16.7 Å². The molecule has 1 heterocycles. The van der Waals surface area contributed by atoms with Gasteiger partial charge in [-0.3, -0.25) is 15.6 Å². The van der Waals surface area contributed by atoms with Crippen molar-refractivity contribution in [2.24, 2.45) is 0 Å². The summed E-state index contributed by atoms with van der Waals surface area (Å²) < 4.78 is 1.08. The lowest BCUT2D eigenvalue weighted by molar-refractivity contribution is -0.119. The van der Waals surface area contributed by atoms with Crippen LogP contribution in [0.15, 0.2) is 80.3 Å². The number of para-hydroxylation sites is 1. The molecule has 4 nitrogen and oxygen atoms in total. The SMILES string of the molecule is C=C(NNC(=O)CSc1cc(C)c(Br)cc1C)c1ccc2c(c1)Nc1ccccc1S2. The number of thioether (sulfide) groups is 1. The third kappa shape index (κ3) is 5.11. The van der Waals surface area contributed by atoms with E-state index < -0.39 is 0 Å². The smallest absolute Gasteiger partial charge is 0.248 e. The van der Waals surface area contributed by atoms with Gasteiger partial charge in [0.2, 0.25) is 5.91 Å². The summed E-state index contributed by atoms with van der Waals surface area (Å²) in [6.07, 6.45) is 0. The molecule has 0 saturated carbocycles. The summed E-state index contributed by atoms with van der Waals surface area (Å²) in [5.41, 5.74) is 11.7. The molecule has 0 aliphatic carbocycles. The molecular weight excluding hydrogens is 490 g/mol. The summed E-state index contributed by atoms with van der Waals surface area (Å²) in [6, 6.07) is 18.5. The van der Waals surface area contributed by atoms with Crippen molar-refractivity contribution in [3.8, 4) is 0 Å². The number of fused-ring (bicyclic) bond motifs is 2. The zero-order valence-electron chi connectivity index (χ0n) is 17.2. The predicted molar refractivity (Wildman–Crippen MR) is 135 cm³/mol. The molecule has 1 aliphatic rings. The number of benzene rings is 3. The van der Waals surface area contributed by atoms with Crippen molar-refractivity contribution in [1.82, 2.24) is 10.9 Å². The minimum Gasteiger partial charge on any atom is -0.354 e. The number of hydrogen-bond donors (Lipinski definition) is 3. The molecule has 3 aromatic rings. The van der Waals surface area contributed by atoms with E-state index in [9.17, 15) is 4.79 Å². The van der Waals surface area contributed by atoms with Crippen molar-refractivity contribution in [3.63, 3.8) is 0 Å². The van der Waals surface area contributed by atoms with Crippen LogP contribution in [-0.4, -0.2) is 11.7 Å². The van der Waals surface area contributed by atoms with Crippen LogP contribution in [0.1, 0.15) is 16.7 Å². The minimum absolute atomic E-state index is 0.105. The van der Waals surface area contributed by atoms with E-state index in [1.54, 1.807) is 11.8 Å². The van der Waals surface area contributed by atoms with Gasteiger partial charge in [-0.05, 0) is 61.4 Å². The number of halogens is 1. The average Bonchev–Trinajstić information content (AvgIpc) is 2.77. The number of anilines is 2. The van der Waals surface area contributed by atoms with Gasteiger partial charge in [-0.25, -0.2) is 0 Å². The summed E-state index contributed by atoms with van der Waals surface area (Å²) >= 11 is 6.80. The Morgan fingerprint density at radius 3 is 2.65 bits per heavy atom. The molecule has 0 fully saturated rings. The molecule has 1 aliphatic heterocycles. The maximum Gasteiger partial charge on any atom is 0.248 e. The van der Waals surface area contributed by atoms with Gasteiger partial charge in [0.25, 0.3) is 0 Å². The van der Waals surface area contributed by atoms with Gasteiger partial charge in [-0.15, -0.1) is 11.8 Å². The van der Waals surface area contributed by atoms with Crippen molar-refractivity contribution in [1.29, 1.82) is 0 Å². The summed E-state index contributed by atoms with van der Waals surface area (Å²) in [7, 11) is 0. The lowest BCUT2D eigenvalue weighted by Crippen LogP contribution is -2.37. The normalized spacial score (nSPS) is 11.7. The predicted octanol–water partition coefficient (Wildman–Crippen LogP) is 6.66. The fourth-order valence-electron chi connectivity index (χ4n) is 3.13. The van der Waals surface area contributed by atoms with E-state index in [0.717, 1.165) is 42.3 Å². The van der Waals surface area contributed by atoms with Gasteiger partial charge < -0.3 is 5.32 Å². The zero-order valence-corrected chi connectivity index (χ0v) is 20.4. The molecule has 1 amide bonds. The highest BCUT2D eigenvalue weighted by molar-refractivity contribution is 9.10. The van der Waals surface area contributed by atoms with E-state index in [4.69, 9.17) is 0 Å². The van der Waals surface area contributed by atoms with Gasteiger partial charge in [0.1, 0.15) is 0 Å². The van der Waals surface area contributed by atoms with E-state index >= 15 is 0 Å². The Morgan fingerprint density at radius 2 is 1.81 bits per heavy atom. The molecule has 0 saturated heterocycles. The average molecular weight is 512 g/mol. The summed E-state index contributed by atoms with van der Waals surface area (Å²) in [4.78, 5) is 15.8. The minimum atomic E-state index is -0.105. The lowest BCUT2D eigenvalue weighted by Gasteiger charge is -2.21. The first-order chi connectivity index (χ1) is 14.9. The van der Waals surface area contributed by atoms with E-state index in [-0.39, 0.29) is 5.91 Å². The molecular formula is C24H22BrN3OS2. The Hall–Kier alpha value is -2.35. The Kier molecular flexibility index (Phi) is 6.65. The van der Waals surface area contributed by atoms with Crippen molar-refractivity contribution in [2.75, 3.05) is 11.1 Å². The molecule has 0 radical (unpaired) electrons. The highest BCUT2D eigenvalue weighted by Crippen LogP contribution is 2.44. The number of carbonyl (C=O) groups is 1. The van der Waals surface area contributed by atoms with Gasteiger partial charge in [0.05, 0.1) is 22.8 Å². The first-order valence-electron chi connectivity index (χ1n) is 9.72. The summed E-state index contributed by atoms with van der Waals surface area (Å²) in [5, 5.41) is 3.47. The second-order valence-electron chi connectivity index (χ2n) is 7.24. The molecule has 7 heteroatoms. The molecule has 3 aromatic carbocycles. The number of aryl methyl sites for hydroxylation is 2. The monoisotopic (exact) mass is 511 g/mol. The number of hydrazine groups is 1. The Bertz CT molecular complexity index is 1180. The highest BCUT2D eigenvalue weighted by Gasteiger charge is 2.16. The second-order valence-corrected chi connectivity index (χ2v) is 10.2. The molecule has 0 spiro atoms. The molecule has 31 heavy (non-hydrogen) atoms. The van der Waals surface area contributed by atoms with Gasteiger partial charge in [-0.2, -0.15) is 0 Å². The number of carbonyl (C=O) groups excluding carboxylic acids is 1. The largest absolute Gasteiger partial charge is 0.354 e. The van der Waals surface area contributed by atoms with Crippen molar-refractivity contribution >= 4 is 62.4 Å². The summed E-state index contributed by atoms with van der Waals surface area (Å²) in [6.45, 7) is 8.16. The van der Waals surface area contributed by atoms with Crippen LogP contribution in [0.5, 0.6) is 0 Å². The van der Waals surface area contributed by atoms with Crippen LogP contribution >= 0.6 is 39.5 Å². The van der Waals surface area contributed by atoms with Crippen molar-refractivity contribution < 1.29 is 4.79 Å². The molecule has 0 aromatic heterocycles. The van der Waals surface area contributed by atoms with Crippen LogP contribution in [0.2, 0.25) is 0 Å². The van der Waals surface area contributed by atoms with Crippen LogP contribution in [0.3, 0.4) is 0 Å². The molecule has 0 bridgehead atoms. The third-order valence-electron chi connectivity index (χ3n) is 4.87. The maximum absolute atomic E-state index is 12.3. The first-order valence-corrected chi connectivity index (χ1v) is 12.3. The Morgan fingerprint density at radius 1 is 1.03 bits per heavy atom. The fourth-order valence-corrected chi connectivity index (χ4v) is 5.47. The quantitative estimate of drug-likeness (QED) is 0.199. The number of amides is 1. The molecule has 158 valence electrons. The standard InChI is InChI=1S/C24H22BrN3OS2/c1-14-11-23(15(2)10-18(14)25)30-13-24(29)28-27-16(3)17-8-9-22-20(12-17)26-19-6-4-5-7-21(19)31-22/h4-12,26-27H,3,13H2,1-2H3,(H,28,29). The van der Waals surface area contributed by atoms with Gasteiger partial charge in [0.15, 0.2) is 0 Å². The fraction of sp³-hybridized carbons (Fsp3) is 0.125. The van der Waals surface area contributed by atoms with Crippen LogP contribution in [0.25, 0.3) is 5.70 Å². The van der Waals surface area contributed by atoms with Crippen LogP contribution in [-0.2, 0) is 4.79 Å².